The van der Waals surface area contributed by atoms with Crippen LogP contribution in [0.2, 0.25) is 0 Å². The highest BCUT2D eigenvalue weighted by molar-refractivity contribution is 6.62. The molecule has 3 aromatic rings. The van der Waals surface area contributed by atoms with Crippen molar-refractivity contribution in [2.45, 2.75) is 235 Å². The topological polar surface area (TPSA) is 307 Å². The molecular weight excluding hydrogens is 1510 g/mol. The van der Waals surface area contributed by atoms with Gasteiger partial charge in [-0.15, -0.1) is 19.7 Å². The summed E-state index contributed by atoms with van der Waals surface area (Å²) in [7, 11) is -3.64. The van der Waals surface area contributed by atoms with Crippen LogP contribution in [-0.4, -0.2) is 162 Å². The van der Waals surface area contributed by atoms with Gasteiger partial charge in [0.1, 0.15) is 24.1 Å². The molecule has 0 unspecified atom stereocenters. The van der Waals surface area contributed by atoms with Gasteiger partial charge < -0.3 is 72.8 Å². The van der Waals surface area contributed by atoms with E-state index in [0.29, 0.717) is 66.5 Å². The van der Waals surface area contributed by atoms with Crippen LogP contribution in [0.5, 0.6) is 17.2 Å². The maximum absolute atomic E-state index is 15.2. The van der Waals surface area contributed by atoms with Gasteiger partial charge in [0.15, 0.2) is 78.8 Å². The Balaban J connectivity index is 0.000000151. The minimum Gasteiger partial charge on any atom is -0.482 e. The van der Waals surface area contributed by atoms with E-state index in [4.69, 9.17) is 42.4 Å². The SMILES string of the molecule is C=C[C@]1(C)C[C@@H](OC(=O)COc2cc3c(cc2F)COB3O)[C@]2(C)[C@H](C)CC[C@]3(C[C@H](F)C(=O)[C@H]32)[C@@H](C)[C@@H]1O.C=C[C@]1(C)C[C@@H](OC(=O)COc2ccc3c(c2)B(O)OC3)[C@]2(C)[C@H](C)CC[C@]3(C[C@H](F)C(=O)[C@H]32)[C@@H](C)[C@@H]1O.C=C[C@]1(C)C[C@@H](OC(=O)COc2ccc3c(c2F)B(O)OC3)[C@]2(C)[C@H](C)CC[C@]3(C[C@H](F)C(=O)[C@H]32)[C@@H](C)[C@@H]1O. The number of carbonyl (C=O) groups is 6. The summed E-state index contributed by atoms with van der Waals surface area (Å²) in [5.41, 5.74) is -4.63. The average Bonchev–Trinajstić information content (AvgIpc) is 1.38. The zero-order valence-electron chi connectivity index (χ0n) is 68.4. The standard InChI is InChI=1S/2C29H37BF2O7.C29H38BFO7/c1-6-27(4)12-22(39-23(33)14-37-21-10-18-17(9-19(21)31)13-38-30(18)36)28(5)15(2)7-8-29(16(3)26(27)35)11-20(32)24(34)25(28)29;1-6-27(4)12-20(39-21(33)14-37-19-8-7-17-13-38-30(36)22(17)23(19)32)28(5)15(2)9-10-29(16(3)26(27)35)11-18(31)24(34)25(28)29;1-6-27(4)13-22(38-23(32)15-36-19-8-7-18-14-37-30(35)20(18)11-19)28(5)16(2)9-10-29(17(3)26(27)34)12-21(31)24(33)25(28)29/h6,9-10,15-16,20,22,25-26,35-36H,1,7-8,11-14H2,2-5H3;6-8,15-16,18,20,25-26,35-36H,1,9-14H2,2-5H3;6-8,11,16-17,21-22,25-26,34-35H,1,9-10,12-15H2,2-5H3/t15-,16+,20+,22-,25+,26+,27-,28+,29+;15-,16+,18+,20-,25+,26+,27-,28+,29+;16-,17+,21+,22-,25+,26+,27-,28+,29+/m111/s1. The summed E-state index contributed by atoms with van der Waals surface area (Å²) >= 11 is 0. The Morgan fingerprint density at radius 1 is 0.474 bits per heavy atom. The Morgan fingerprint density at radius 2 is 0.819 bits per heavy atom. The van der Waals surface area contributed by atoms with Crippen LogP contribution in [0, 0.1) is 114 Å². The average molecular weight is 1620 g/mol. The molecule has 9 saturated carbocycles. The number of hydrogen-bond donors (Lipinski definition) is 6. The third-order valence-electron chi connectivity index (χ3n) is 32.3. The number of hydrogen-bond acceptors (Lipinski definition) is 21. The molecule has 21 nitrogen and oxygen atoms in total. The minimum atomic E-state index is -1.64. The van der Waals surface area contributed by atoms with Crippen molar-refractivity contribution >= 4 is 73.0 Å². The highest BCUT2D eigenvalue weighted by Gasteiger charge is 2.74. The van der Waals surface area contributed by atoms with Gasteiger partial charge in [0.2, 0.25) is 0 Å². The zero-order chi connectivity index (χ0) is 84.6. The lowest BCUT2D eigenvalue weighted by molar-refractivity contribution is -0.207. The number of rotatable bonds is 15. The smallest absolute Gasteiger partial charge is 0.482 e. The number of benzene rings is 3. The molecule has 12 aliphatic rings. The van der Waals surface area contributed by atoms with Gasteiger partial charge in [0.05, 0.1) is 38.1 Å². The summed E-state index contributed by atoms with van der Waals surface area (Å²) in [6.07, 6.45) is -0.268. The predicted molar refractivity (Wildman–Crippen MR) is 418 cm³/mol. The largest absolute Gasteiger partial charge is 0.494 e. The monoisotopic (exact) mass is 1620 g/mol. The number of alkyl halides is 3. The third-order valence-corrected chi connectivity index (χ3v) is 32.3. The van der Waals surface area contributed by atoms with Gasteiger partial charge in [-0.05, 0) is 187 Å². The van der Waals surface area contributed by atoms with Crippen LogP contribution in [0.1, 0.15) is 177 Å². The number of halogens is 5. The second kappa shape index (κ2) is 31.6. The van der Waals surface area contributed by atoms with E-state index in [1.807, 2.05) is 83.1 Å². The van der Waals surface area contributed by atoms with E-state index in [1.54, 1.807) is 42.5 Å². The molecule has 630 valence electrons. The number of Topliss-reactive ketones (excluding diaryl/α,β-unsaturated/α-hetero) is 3. The number of fused-ring (bicyclic) bond motifs is 3. The first-order valence-corrected chi connectivity index (χ1v) is 41.1. The summed E-state index contributed by atoms with van der Waals surface area (Å²) in [5.74, 6) is -8.49. The number of carbonyl (C=O) groups excluding carboxylic acids is 6. The number of esters is 3. The molecule has 9 aliphatic carbocycles. The zero-order valence-corrected chi connectivity index (χ0v) is 68.4. The van der Waals surface area contributed by atoms with E-state index in [1.165, 1.54) is 18.2 Å². The van der Waals surface area contributed by atoms with E-state index in [0.717, 1.165) is 12.0 Å². The lowest BCUT2D eigenvalue weighted by atomic mass is 9.44. The fourth-order valence-corrected chi connectivity index (χ4v) is 24.3. The summed E-state index contributed by atoms with van der Waals surface area (Å²) in [4.78, 5) is 79.9. The van der Waals surface area contributed by atoms with E-state index in [2.05, 4.69) is 19.7 Å². The molecule has 15 rings (SSSR count). The molecule has 27 atom stereocenters. The maximum atomic E-state index is 15.2. The molecule has 0 radical (unpaired) electrons. The Kier molecular flexibility index (Phi) is 23.7. The van der Waals surface area contributed by atoms with Crippen molar-refractivity contribution in [1.82, 2.24) is 0 Å². The van der Waals surface area contributed by atoms with Crippen LogP contribution in [0.25, 0.3) is 0 Å². The van der Waals surface area contributed by atoms with E-state index in [-0.39, 0.29) is 111 Å². The van der Waals surface area contributed by atoms with Crippen LogP contribution < -0.4 is 30.6 Å². The van der Waals surface area contributed by atoms with E-state index in [9.17, 15) is 67.9 Å². The quantitative estimate of drug-likeness (QED) is 0.0271. The molecule has 116 heavy (non-hydrogen) atoms. The van der Waals surface area contributed by atoms with Gasteiger partial charge in [-0.1, -0.05) is 113 Å². The number of aliphatic hydroxyl groups is 3. The highest BCUT2D eigenvalue weighted by atomic mass is 19.1. The molecule has 9 fully saturated rings. The van der Waals surface area contributed by atoms with Gasteiger partial charge in [0.25, 0.3) is 0 Å². The minimum absolute atomic E-state index is 0.0108. The van der Waals surface area contributed by atoms with Crippen LogP contribution in [0.15, 0.2) is 80.4 Å². The van der Waals surface area contributed by atoms with Crippen molar-refractivity contribution in [2.24, 2.45) is 102 Å². The predicted octanol–water partition coefficient (Wildman–Crippen LogP) is 9.69. The van der Waals surface area contributed by atoms with E-state index >= 15 is 13.2 Å². The molecule has 0 aromatic heterocycles. The van der Waals surface area contributed by atoms with Crippen molar-refractivity contribution in [3.8, 4) is 17.2 Å². The van der Waals surface area contributed by atoms with Crippen molar-refractivity contribution in [3.05, 3.63) is 109 Å². The fraction of sp³-hybridized carbons (Fsp3) is 0.655. The first kappa shape index (κ1) is 87.0. The highest BCUT2D eigenvalue weighted by Crippen LogP contribution is 2.72. The Morgan fingerprint density at radius 3 is 1.22 bits per heavy atom. The Labute approximate surface area is 676 Å². The van der Waals surface area contributed by atoms with Crippen LogP contribution in [0.4, 0.5) is 22.0 Å². The third kappa shape index (κ3) is 14.0. The molecule has 29 heteroatoms. The van der Waals surface area contributed by atoms with Crippen molar-refractivity contribution < 1.29 is 123 Å². The summed E-state index contributed by atoms with van der Waals surface area (Å²) < 4.78 is 125. The number of aliphatic hydroxyl groups excluding tert-OH is 3. The van der Waals surface area contributed by atoms with Gasteiger partial charge in [-0.25, -0.2) is 36.3 Å². The molecule has 3 aromatic carbocycles. The van der Waals surface area contributed by atoms with E-state index < -0.39 is 203 Å². The first-order chi connectivity index (χ1) is 54.4. The molecule has 0 spiro atoms. The number of ether oxygens (including phenoxy) is 6. The molecule has 3 heterocycles. The molecule has 0 saturated heterocycles. The molecule has 0 amide bonds. The second-order valence-corrected chi connectivity index (χ2v) is 37.7. The van der Waals surface area contributed by atoms with Gasteiger partial charge in [-0.2, -0.15) is 0 Å². The summed E-state index contributed by atoms with van der Waals surface area (Å²) in [6.45, 7) is 33.9. The Hall–Kier alpha value is -6.82. The van der Waals surface area contributed by atoms with Crippen molar-refractivity contribution in [1.29, 1.82) is 0 Å². The lowest BCUT2D eigenvalue weighted by Gasteiger charge is -2.61. The molecular formula is C87H112B3F5O21. The summed E-state index contributed by atoms with van der Waals surface area (Å²) in [5, 5.41) is 64.5. The molecule has 6 bridgehead atoms. The van der Waals surface area contributed by atoms with Gasteiger partial charge >= 0.3 is 39.3 Å². The van der Waals surface area contributed by atoms with Crippen LogP contribution in [-0.2, 0) is 76.8 Å². The lowest BCUT2D eigenvalue weighted by Crippen LogP contribution is -2.63. The molecule has 6 N–H and O–H groups in total. The van der Waals surface area contributed by atoms with Crippen molar-refractivity contribution in [3.63, 3.8) is 0 Å². The molecule has 3 aliphatic heterocycles. The van der Waals surface area contributed by atoms with Crippen molar-refractivity contribution in [2.75, 3.05) is 19.8 Å². The second-order valence-electron chi connectivity index (χ2n) is 37.7. The van der Waals surface area contributed by atoms with Crippen LogP contribution in [0.3, 0.4) is 0 Å². The maximum Gasteiger partial charge on any atom is 0.494 e. The fourth-order valence-electron chi connectivity index (χ4n) is 24.3. The number of ketones is 3. The van der Waals surface area contributed by atoms with Gasteiger partial charge in [0, 0.05) is 55.7 Å². The Bertz CT molecular complexity index is 4270. The van der Waals surface area contributed by atoms with Gasteiger partial charge in [-0.3, -0.25) is 14.4 Å². The summed E-state index contributed by atoms with van der Waals surface area (Å²) in [6, 6.07) is 10.5. The first-order valence-electron chi connectivity index (χ1n) is 41.1. The normalized spacial score (nSPS) is 41.6. The van der Waals surface area contributed by atoms with Crippen LogP contribution >= 0.6 is 0 Å².